The Labute approximate surface area is 122 Å². The molecule has 3 heteroatoms. The predicted molar refractivity (Wildman–Crippen MR) is 82.5 cm³/mol. The van der Waals surface area contributed by atoms with Crippen molar-refractivity contribution in [1.29, 1.82) is 0 Å². The Bertz CT molecular complexity index is 515. The van der Waals surface area contributed by atoms with Crippen LogP contribution < -0.4 is 10.1 Å². The molecular weight excluding hydrogens is 302 g/mol. The summed E-state index contributed by atoms with van der Waals surface area (Å²) in [6.07, 6.45) is -0.0232. The maximum absolute atomic E-state index is 6.17. The van der Waals surface area contributed by atoms with E-state index in [9.17, 15) is 0 Å². The van der Waals surface area contributed by atoms with Gasteiger partial charge in [-0.3, -0.25) is 0 Å². The number of nitrogens with one attached hydrogen (secondary N) is 1. The standard InChI is InChI=1S/C16H18BrNO/c1-12(18-2)16(13-8-4-3-5-9-13)19-15-11-7-6-10-14(15)17/h3-12,16,18H,1-2H3/t12-,16+/m0/s1. The second-order valence-electron chi connectivity index (χ2n) is 4.46. The van der Waals surface area contributed by atoms with Crippen LogP contribution in [-0.4, -0.2) is 13.1 Å². The van der Waals surface area contributed by atoms with Crippen molar-refractivity contribution in [2.75, 3.05) is 7.05 Å². The number of ether oxygens (including phenoxy) is 1. The van der Waals surface area contributed by atoms with Gasteiger partial charge >= 0.3 is 0 Å². The number of hydrogen-bond donors (Lipinski definition) is 1. The zero-order valence-electron chi connectivity index (χ0n) is 11.1. The normalized spacial score (nSPS) is 13.8. The first-order valence-electron chi connectivity index (χ1n) is 6.35. The van der Waals surface area contributed by atoms with E-state index in [0.717, 1.165) is 10.2 Å². The second-order valence-corrected chi connectivity index (χ2v) is 5.31. The molecule has 0 amide bonds. The van der Waals surface area contributed by atoms with Crippen LogP contribution in [0.3, 0.4) is 0 Å². The van der Waals surface area contributed by atoms with Crippen LogP contribution in [0.1, 0.15) is 18.6 Å². The van der Waals surface area contributed by atoms with E-state index in [1.165, 1.54) is 5.56 Å². The van der Waals surface area contributed by atoms with Crippen LogP contribution in [0.25, 0.3) is 0 Å². The van der Waals surface area contributed by atoms with Crippen LogP contribution >= 0.6 is 15.9 Å². The predicted octanol–water partition coefficient (Wildman–Crippen LogP) is 4.18. The highest BCUT2D eigenvalue weighted by Gasteiger charge is 2.20. The summed E-state index contributed by atoms with van der Waals surface area (Å²) >= 11 is 3.52. The monoisotopic (exact) mass is 319 g/mol. The molecule has 0 saturated carbocycles. The largest absolute Gasteiger partial charge is 0.483 e. The third-order valence-corrected chi connectivity index (χ3v) is 3.78. The highest BCUT2D eigenvalue weighted by Crippen LogP contribution is 2.30. The number of para-hydroxylation sites is 1. The van der Waals surface area contributed by atoms with Crippen molar-refractivity contribution >= 4 is 15.9 Å². The zero-order chi connectivity index (χ0) is 13.7. The van der Waals surface area contributed by atoms with Gasteiger partial charge in [0.05, 0.1) is 4.47 Å². The first-order chi connectivity index (χ1) is 9.22. The molecule has 0 aliphatic heterocycles. The van der Waals surface area contributed by atoms with Crippen LogP contribution in [0.2, 0.25) is 0 Å². The van der Waals surface area contributed by atoms with Crippen LogP contribution in [0.4, 0.5) is 0 Å². The summed E-state index contributed by atoms with van der Waals surface area (Å²) < 4.78 is 7.15. The van der Waals surface area contributed by atoms with Gasteiger partial charge in [0.15, 0.2) is 0 Å². The molecule has 0 heterocycles. The van der Waals surface area contributed by atoms with Gasteiger partial charge in [-0.2, -0.15) is 0 Å². The average Bonchev–Trinajstić information content (AvgIpc) is 2.46. The summed E-state index contributed by atoms with van der Waals surface area (Å²) in [7, 11) is 1.95. The molecule has 0 aromatic heterocycles. The van der Waals surface area contributed by atoms with Crippen molar-refractivity contribution in [2.45, 2.75) is 19.1 Å². The molecule has 2 atom stereocenters. The first-order valence-corrected chi connectivity index (χ1v) is 7.15. The maximum Gasteiger partial charge on any atom is 0.139 e. The van der Waals surface area contributed by atoms with Gasteiger partial charge in [0.1, 0.15) is 11.9 Å². The molecule has 0 unspecified atom stereocenters. The molecule has 19 heavy (non-hydrogen) atoms. The molecular formula is C16H18BrNO. The Balaban J connectivity index is 2.27. The van der Waals surface area contributed by atoms with E-state index in [4.69, 9.17) is 4.74 Å². The van der Waals surface area contributed by atoms with Gasteiger partial charge < -0.3 is 10.1 Å². The molecule has 0 aliphatic rings. The van der Waals surface area contributed by atoms with E-state index in [1.54, 1.807) is 0 Å². The summed E-state index contributed by atoms with van der Waals surface area (Å²) in [5.74, 6) is 0.860. The minimum Gasteiger partial charge on any atom is -0.483 e. The lowest BCUT2D eigenvalue weighted by Crippen LogP contribution is -2.32. The topological polar surface area (TPSA) is 21.3 Å². The molecule has 0 spiro atoms. The second kappa shape index (κ2) is 6.73. The van der Waals surface area contributed by atoms with Crippen LogP contribution in [0.15, 0.2) is 59.1 Å². The first kappa shape index (κ1) is 14.1. The van der Waals surface area contributed by atoms with Crippen molar-refractivity contribution < 1.29 is 4.74 Å². The van der Waals surface area contributed by atoms with Gasteiger partial charge in [-0.1, -0.05) is 42.5 Å². The minimum atomic E-state index is -0.0232. The van der Waals surface area contributed by atoms with Crippen LogP contribution in [0, 0.1) is 0 Å². The third kappa shape index (κ3) is 3.58. The number of halogens is 1. The summed E-state index contributed by atoms with van der Waals surface area (Å²) in [5.41, 5.74) is 1.17. The number of benzene rings is 2. The van der Waals surface area contributed by atoms with Gasteiger partial charge in [0.2, 0.25) is 0 Å². The summed E-state index contributed by atoms with van der Waals surface area (Å²) in [6.45, 7) is 2.12. The minimum absolute atomic E-state index is 0.0232. The Morgan fingerprint density at radius 2 is 1.63 bits per heavy atom. The van der Waals surface area contributed by atoms with E-state index >= 15 is 0 Å². The number of rotatable bonds is 5. The zero-order valence-corrected chi connectivity index (χ0v) is 12.7. The van der Waals surface area contributed by atoms with Gasteiger partial charge in [-0.15, -0.1) is 0 Å². The lowest BCUT2D eigenvalue weighted by atomic mass is 10.0. The fourth-order valence-electron chi connectivity index (χ4n) is 1.93. The van der Waals surface area contributed by atoms with Crippen molar-refractivity contribution in [3.63, 3.8) is 0 Å². The van der Waals surface area contributed by atoms with Gasteiger partial charge in [-0.25, -0.2) is 0 Å². The van der Waals surface area contributed by atoms with E-state index in [2.05, 4.69) is 40.3 Å². The van der Waals surface area contributed by atoms with E-state index in [0.29, 0.717) is 0 Å². The van der Waals surface area contributed by atoms with Crippen LogP contribution in [-0.2, 0) is 0 Å². The van der Waals surface area contributed by atoms with E-state index in [-0.39, 0.29) is 12.1 Å². The van der Waals surface area contributed by atoms with Crippen molar-refractivity contribution in [3.05, 3.63) is 64.6 Å². The summed E-state index contributed by atoms with van der Waals surface area (Å²) in [4.78, 5) is 0. The third-order valence-electron chi connectivity index (χ3n) is 3.13. The lowest BCUT2D eigenvalue weighted by Gasteiger charge is -2.25. The molecule has 0 bridgehead atoms. The molecule has 1 N–H and O–H groups in total. The molecule has 0 radical (unpaired) electrons. The smallest absolute Gasteiger partial charge is 0.139 e. The highest BCUT2D eigenvalue weighted by atomic mass is 79.9. The number of hydrogen-bond acceptors (Lipinski definition) is 2. The SMILES string of the molecule is CN[C@@H](C)[C@@H](Oc1ccccc1Br)c1ccccc1. The Morgan fingerprint density at radius 3 is 2.26 bits per heavy atom. The Hall–Kier alpha value is -1.32. The molecule has 0 fully saturated rings. The maximum atomic E-state index is 6.17. The highest BCUT2D eigenvalue weighted by molar-refractivity contribution is 9.10. The lowest BCUT2D eigenvalue weighted by molar-refractivity contribution is 0.165. The molecule has 0 saturated heterocycles. The van der Waals surface area contributed by atoms with E-state index in [1.807, 2.05) is 49.5 Å². The fourth-order valence-corrected chi connectivity index (χ4v) is 2.31. The van der Waals surface area contributed by atoms with E-state index < -0.39 is 0 Å². The average molecular weight is 320 g/mol. The van der Waals surface area contributed by atoms with Crippen LogP contribution in [0.5, 0.6) is 5.75 Å². The van der Waals surface area contributed by atoms with Gasteiger partial charge in [-0.05, 0) is 47.6 Å². The fraction of sp³-hybridized carbons (Fsp3) is 0.250. The molecule has 2 nitrogen and oxygen atoms in total. The molecule has 0 aliphatic carbocycles. The summed E-state index contributed by atoms with van der Waals surface area (Å²) in [5, 5.41) is 3.26. The summed E-state index contributed by atoms with van der Waals surface area (Å²) in [6, 6.07) is 18.4. The molecule has 2 rings (SSSR count). The Kier molecular flexibility index (Phi) is 5.00. The molecule has 100 valence electrons. The molecule has 2 aromatic carbocycles. The van der Waals surface area contributed by atoms with Gasteiger partial charge in [0.25, 0.3) is 0 Å². The van der Waals surface area contributed by atoms with Crippen molar-refractivity contribution in [2.24, 2.45) is 0 Å². The number of likely N-dealkylation sites (N-methyl/N-ethyl adjacent to an activating group) is 1. The Morgan fingerprint density at radius 1 is 1.00 bits per heavy atom. The molecule has 2 aromatic rings. The quantitative estimate of drug-likeness (QED) is 0.892. The van der Waals surface area contributed by atoms with Crippen molar-refractivity contribution in [1.82, 2.24) is 5.32 Å². The van der Waals surface area contributed by atoms with Gasteiger partial charge in [0, 0.05) is 6.04 Å². The van der Waals surface area contributed by atoms with Crippen molar-refractivity contribution in [3.8, 4) is 5.75 Å².